The summed E-state index contributed by atoms with van der Waals surface area (Å²) >= 11 is 0. The Kier molecular flexibility index (Phi) is 4.74. The van der Waals surface area contributed by atoms with E-state index in [1.165, 1.54) is 5.56 Å². The highest BCUT2D eigenvalue weighted by molar-refractivity contribution is 5.80. The molecular formula is C17H21NO2. The summed E-state index contributed by atoms with van der Waals surface area (Å²) in [5.41, 5.74) is 0.635. The lowest BCUT2D eigenvalue weighted by Gasteiger charge is -2.29. The molecule has 3 nitrogen and oxygen atoms in total. The maximum atomic E-state index is 12.1. The number of rotatable bonds is 7. The van der Waals surface area contributed by atoms with E-state index in [0.717, 1.165) is 6.54 Å². The maximum Gasteiger partial charge on any atom is 0.314 e. The number of cyclic esters (lactones) is 1. The van der Waals surface area contributed by atoms with Crippen molar-refractivity contribution in [2.24, 2.45) is 5.41 Å². The Morgan fingerprint density at radius 2 is 1.90 bits per heavy atom. The molecule has 0 radical (unpaired) electrons. The number of carbonyl (C=O) groups is 1. The molecule has 3 heteroatoms. The molecular weight excluding hydrogens is 250 g/mol. The van der Waals surface area contributed by atoms with Crippen LogP contribution >= 0.6 is 0 Å². The lowest BCUT2D eigenvalue weighted by Crippen LogP contribution is -2.45. The van der Waals surface area contributed by atoms with Crippen LogP contribution in [0.1, 0.15) is 18.4 Å². The molecule has 1 heterocycles. The van der Waals surface area contributed by atoms with Gasteiger partial charge in [0.25, 0.3) is 0 Å². The van der Waals surface area contributed by atoms with E-state index in [4.69, 9.17) is 4.74 Å². The minimum Gasteiger partial charge on any atom is -0.464 e. The molecule has 0 amide bonds. The van der Waals surface area contributed by atoms with Gasteiger partial charge in [0.05, 0.1) is 11.5 Å². The molecule has 2 rings (SSSR count). The minimum absolute atomic E-state index is 0.00814. The quantitative estimate of drug-likeness (QED) is 0.612. The fourth-order valence-corrected chi connectivity index (χ4v) is 2.75. The number of benzene rings is 1. The lowest BCUT2D eigenvalue weighted by molar-refractivity contribution is -0.146. The van der Waals surface area contributed by atoms with Crippen molar-refractivity contribution in [1.82, 2.24) is 5.32 Å². The summed E-state index contributed by atoms with van der Waals surface area (Å²) in [5, 5.41) is 3.45. The average molecular weight is 271 g/mol. The van der Waals surface area contributed by atoms with Gasteiger partial charge in [0, 0.05) is 6.54 Å². The van der Waals surface area contributed by atoms with Crippen molar-refractivity contribution in [3.05, 3.63) is 61.2 Å². The summed E-state index contributed by atoms with van der Waals surface area (Å²) in [7, 11) is 0. The summed E-state index contributed by atoms with van der Waals surface area (Å²) in [6.07, 6.45) is 4.77. The van der Waals surface area contributed by atoms with Crippen LogP contribution in [0.4, 0.5) is 0 Å². The normalized spacial score (nSPS) is 20.4. The van der Waals surface area contributed by atoms with Gasteiger partial charge in [-0.25, -0.2) is 0 Å². The molecule has 0 aliphatic carbocycles. The van der Waals surface area contributed by atoms with Gasteiger partial charge in [-0.2, -0.15) is 0 Å². The van der Waals surface area contributed by atoms with Crippen LogP contribution in [-0.4, -0.2) is 18.6 Å². The van der Waals surface area contributed by atoms with Crippen molar-refractivity contribution in [1.29, 1.82) is 0 Å². The monoisotopic (exact) mass is 271 g/mol. The Bertz CT molecular complexity index is 471. The fourth-order valence-electron chi connectivity index (χ4n) is 2.75. The highest BCUT2D eigenvalue weighted by Gasteiger charge is 2.50. The first-order chi connectivity index (χ1) is 9.73. The van der Waals surface area contributed by atoms with E-state index in [9.17, 15) is 4.79 Å². The van der Waals surface area contributed by atoms with E-state index < -0.39 is 5.41 Å². The summed E-state index contributed by atoms with van der Waals surface area (Å²) < 4.78 is 5.28. The van der Waals surface area contributed by atoms with E-state index in [1.54, 1.807) is 12.2 Å². The molecule has 1 saturated heterocycles. The predicted molar refractivity (Wildman–Crippen MR) is 80.1 cm³/mol. The maximum absolute atomic E-state index is 12.1. The summed E-state index contributed by atoms with van der Waals surface area (Å²) in [6.45, 7) is 8.67. The van der Waals surface area contributed by atoms with Crippen molar-refractivity contribution in [3.8, 4) is 0 Å². The van der Waals surface area contributed by atoms with Crippen molar-refractivity contribution in [2.75, 3.05) is 6.61 Å². The van der Waals surface area contributed by atoms with E-state index in [2.05, 4.69) is 30.6 Å². The first-order valence-corrected chi connectivity index (χ1v) is 6.89. The van der Waals surface area contributed by atoms with Gasteiger partial charge < -0.3 is 10.1 Å². The Morgan fingerprint density at radius 3 is 2.50 bits per heavy atom. The second-order valence-corrected chi connectivity index (χ2v) is 5.16. The zero-order valence-corrected chi connectivity index (χ0v) is 11.7. The number of allylic oxidation sites excluding steroid dienone is 2. The molecule has 0 unspecified atom stereocenters. The van der Waals surface area contributed by atoms with Crippen molar-refractivity contribution in [2.45, 2.75) is 25.4 Å². The van der Waals surface area contributed by atoms with Gasteiger partial charge in [0.1, 0.15) is 6.61 Å². The van der Waals surface area contributed by atoms with Crippen molar-refractivity contribution in [3.63, 3.8) is 0 Å². The van der Waals surface area contributed by atoms with Gasteiger partial charge in [0.2, 0.25) is 0 Å². The topological polar surface area (TPSA) is 38.3 Å². The second kappa shape index (κ2) is 6.53. The first kappa shape index (κ1) is 14.5. The fraction of sp³-hybridized carbons (Fsp3) is 0.353. The van der Waals surface area contributed by atoms with Crippen molar-refractivity contribution < 1.29 is 9.53 Å². The average Bonchev–Trinajstić information content (AvgIpc) is 2.76. The SMILES string of the molecule is C=CCC1(CC=C)C(=O)OC[C@H]1NCc1ccccc1. The molecule has 106 valence electrons. The molecule has 1 aliphatic rings. The first-order valence-electron chi connectivity index (χ1n) is 6.89. The predicted octanol–water partition coefficient (Wildman–Crippen LogP) is 2.84. The third-order valence-corrected chi connectivity index (χ3v) is 3.87. The molecule has 20 heavy (non-hydrogen) atoms. The summed E-state index contributed by atoms with van der Waals surface area (Å²) in [5.74, 6) is -0.150. The number of esters is 1. The Labute approximate surface area is 120 Å². The second-order valence-electron chi connectivity index (χ2n) is 5.16. The molecule has 1 fully saturated rings. The molecule has 1 aromatic rings. The zero-order valence-electron chi connectivity index (χ0n) is 11.7. The van der Waals surface area contributed by atoms with E-state index in [-0.39, 0.29) is 12.0 Å². The number of nitrogens with one attached hydrogen (secondary N) is 1. The van der Waals surface area contributed by atoms with E-state index in [1.807, 2.05) is 18.2 Å². The summed E-state index contributed by atoms with van der Waals surface area (Å²) in [4.78, 5) is 12.1. The molecule has 0 saturated carbocycles. The molecule has 1 N–H and O–H groups in total. The lowest BCUT2D eigenvalue weighted by atomic mass is 9.76. The molecule has 0 bridgehead atoms. The number of hydrogen-bond donors (Lipinski definition) is 1. The van der Waals surface area contributed by atoms with Gasteiger partial charge >= 0.3 is 5.97 Å². The van der Waals surface area contributed by atoms with E-state index in [0.29, 0.717) is 19.4 Å². The number of ether oxygens (including phenoxy) is 1. The molecule has 1 aromatic carbocycles. The smallest absolute Gasteiger partial charge is 0.314 e. The molecule has 0 aromatic heterocycles. The van der Waals surface area contributed by atoms with Gasteiger partial charge in [-0.15, -0.1) is 13.2 Å². The third kappa shape index (κ3) is 2.83. The van der Waals surface area contributed by atoms with Crippen LogP contribution in [0.25, 0.3) is 0 Å². The standard InChI is InChI=1S/C17H21NO2/c1-3-10-17(11-4-2)15(13-20-16(17)19)18-12-14-8-6-5-7-9-14/h3-9,15,18H,1-2,10-13H2/t15-/m1/s1. The van der Waals surface area contributed by atoms with E-state index >= 15 is 0 Å². The van der Waals surface area contributed by atoms with Gasteiger partial charge in [0.15, 0.2) is 0 Å². The van der Waals surface area contributed by atoms with Crippen LogP contribution in [-0.2, 0) is 16.1 Å². The van der Waals surface area contributed by atoms with Crippen LogP contribution in [0, 0.1) is 5.41 Å². The van der Waals surface area contributed by atoms with Gasteiger partial charge in [-0.05, 0) is 18.4 Å². The molecule has 1 atom stereocenters. The number of hydrogen-bond acceptors (Lipinski definition) is 3. The van der Waals surface area contributed by atoms with Crippen LogP contribution < -0.4 is 5.32 Å². The largest absolute Gasteiger partial charge is 0.464 e. The van der Waals surface area contributed by atoms with Gasteiger partial charge in [-0.3, -0.25) is 4.79 Å². The Balaban J connectivity index is 2.10. The highest BCUT2D eigenvalue weighted by Crippen LogP contribution is 2.38. The van der Waals surface area contributed by atoms with Crippen LogP contribution in [0.15, 0.2) is 55.6 Å². The van der Waals surface area contributed by atoms with Crippen molar-refractivity contribution >= 4 is 5.97 Å². The van der Waals surface area contributed by atoms with Crippen LogP contribution in [0.5, 0.6) is 0 Å². The summed E-state index contributed by atoms with van der Waals surface area (Å²) in [6, 6.07) is 10.1. The molecule has 1 aliphatic heterocycles. The van der Waals surface area contributed by atoms with Gasteiger partial charge in [-0.1, -0.05) is 42.5 Å². The van der Waals surface area contributed by atoms with Crippen LogP contribution in [0.3, 0.4) is 0 Å². The molecule has 0 spiro atoms. The zero-order chi connectivity index (χ0) is 14.4. The number of carbonyl (C=O) groups excluding carboxylic acids is 1. The Hall–Kier alpha value is -1.87. The third-order valence-electron chi connectivity index (χ3n) is 3.87. The highest BCUT2D eigenvalue weighted by atomic mass is 16.5. The minimum atomic E-state index is -0.557. The Morgan fingerprint density at radius 1 is 1.25 bits per heavy atom. The van der Waals surface area contributed by atoms with Crippen LogP contribution in [0.2, 0.25) is 0 Å².